The number of hydrogen-bond acceptors (Lipinski definition) is 2. The Hall–Kier alpha value is -2.20. The SMILES string of the molecule is CNC(=O)c1ccc(CNC(C)c2ccccc2F)cc1. The summed E-state index contributed by atoms with van der Waals surface area (Å²) in [6, 6.07) is 14.0. The van der Waals surface area contributed by atoms with Crippen LogP contribution in [0.1, 0.15) is 34.5 Å². The van der Waals surface area contributed by atoms with E-state index in [4.69, 9.17) is 0 Å². The van der Waals surface area contributed by atoms with Crippen molar-refractivity contribution in [1.82, 2.24) is 10.6 Å². The molecular formula is C17H19FN2O. The molecule has 2 aromatic rings. The highest BCUT2D eigenvalue weighted by Crippen LogP contribution is 2.16. The van der Waals surface area contributed by atoms with Crippen molar-refractivity contribution in [2.75, 3.05) is 7.05 Å². The van der Waals surface area contributed by atoms with E-state index in [1.54, 1.807) is 31.3 Å². The summed E-state index contributed by atoms with van der Waals surface area (Å²) >= 11 is 0. The standard InChI is InChI=1S/C17H19FN2O/c1-12(15-5-3-4-6-16(15)18)20-11-13-7-9-14(10-8-13)17(21)19-2/h3-10,12,20H,11H2,1-2H3,(H,19,21). The molecule has 1 unspecified atom stereocenters. The molecule has 0 saturated heterocycles. The van der Waals surface area contributed by atoms with Gasteiger partial charge < -0.3 is 10.6 Å². The van der Waals surface area contributed by atoms with Crippen LogP contribution in [0.15, 0.2) is 48.5 Å². The van der Waals surface area contributed by atoms with Crippen LogP contribution in [0, 0.1) is 5.82 Å². The average molecular weight is 286 g/mol. The Labute approximate surface area is 124 Å². The summed E-state index contributed by atoms with van der Waals surface area (Å²) in [6.45, 7) is 2.54. The molecule has 0 aromatic heterocycles. The summed E-state index contributed by atoms with van der Waals surface area (Å²) in [5.74, 6) is -0.304. The van der Waals surface area contributed by atoms with Crippen molar-refractivity contribution >= 4 is 5.91 Å². The molecule has 0 aliphatic carbocycles. The highest BCUT2D eigenvalue weighted by molar-refractivity contribution is 5.93. The summed E-state index contributed by atoms with van der Waals surface area (Å²) in [5, 5.41) is 5.86. The maximum absolute atomic E-state index is 13.7. The molecule has 3 nitrogen and oxygen atoms in total. The molecule has 0 saturated carbocycles. The largest absolute Gasteiger partial charge is 0.355 e. The normalized spacial score (nSPS) is 12.0. The first-order valence-corrected chi connectivity index (χ1v) is 6.90. The Morgan fingerprint density at radius 2 is 1.81 bits per heavy atom. The van der Waals surface area contributed by atoms with Crippen LogP contribution in [-0.4, -0.2) is 13.0 Å². The number of halogens is 1. The van der Waals surface area contributed by atoms with E-state index in [0.717, 1.165) is 5.56 Å². The molecule has 0 aliphatic rings. The highest BCUT2D eigenvalue weighted by atomic mass is 19.1. The quantitative estimate of drug-likeness (QED) is 0.887. The van der Waals surface area contributed by atoms with Gasteiger partial charge in [-0.3, -0.25) is 4.79 Å². The fourth-order valence-electron chi connectivity index (χ4n) is 2.13. The first kappa shape index (κ1) is 15.2. The van der Waals surface area contributed by atoms with Gasteiger partial charge in [-0.05, 0) is 30.7 Å². The molecule has 0 aliphatic heterocycles. The van der Waals surface area contributed by atoms with Gasteiger partial charge in [0.15, 0.2) is 0 Å². The third-order valence-corrected chi connectivity index (χ3v) is 3.43. The van der Waals surface area contributed by atoms with Crippen LogP contribution in [0.4, 0.5) is 4.39 Å². The van der Waals surface area contributed by atoms with Crippen molar-refractivity contribution in [2.24, 2.45) is 0 Å². The van der Waals surface area contributed by atoms with Crippen molar-refractivity contribution in [3.8, 4) is 0 Å². The number of nitrogens with one attached hydrogen (secondary N) is 2. The van der Waals surface area contributed by atoms with Crippen LogP contribution in [-0.2, 0) is 6.54 Å². The minimum absolute atomic E-state index is 0.0789. The van der Waals surface area contributed by atoms with E-state index >= 15 is 0 Å². The first-order chi connectivity index (χ1) is 10.1. The third kappa shape index (κ3) is 3.89. The zero-order chi connectivity index (χ0) is 15.2. The molecule has 0 radical (unpaired) electrons. The summed E-state index contributed by atoms with van der Waals surface area (Å²) in [4.78, 5) is 11.4. The van der Waals surface area contributed by atoms with Gasteiger partial charge in [-0.25, -0.2) is 4.39 Å². The van der Waals surface area contributed by atoms with Crippen molar-refractivity contribution in [1.29, 1.82) is 0 Å². The van der Waals surface area contributed by atoms with Gasteiger partial charge >= 0.3 is 0 Å². The van der Waals surface area contributed by atoms with Gasteiger partial charge in [-0.15, -0.1) is 0 Å². The van der Waals surface area contributed by atoms with E-state index in [9.17, 15) is 9.18 Å². The Morgan fingerprint density at radius 1 is 1.14 bits per heavy atom. The Balaban J connectivity index is 1.97. The summed E-state index contributed by atoms with van der Waals surface area (Å²) in [5.41, 5.74) is 2.33. The van der Waals surface area contributed by atoms with Crippen LogP contribution >= 0.6 is 0 Å². The second-order valence-corrected chi connectivity index (χ2v) is 4.90. The highest BCUT2D eigenvalue weighted by Gasteiger charge is 2.09. The van der Waals surface area contributed by atoms with Crippen LogP contribution < -0.4 is 10.6 Å². The van der Waals surface area contributed by atoms with Crippen LogP contribution in [0.25, 0.3) is 0 Å². The second kappa shape index (κ2) is 6.99. The molecule has 2 aromatic carbocycles. The van der Waals surface area contributed by atoms with Gasteiger partial charge in [0.1, 0.15) is 5.82 Å². The first-order valence-electron chi connectivity index (χ1n) is 6.90. The molecule has 2 rings (SSSR count). The summed E-state index contributed by atoms with van der Waals surface area (Å²) in [7, 11) is 1.61. The topological polar surface area (TPSA) is 41.1 Å². The lowest BCUT2D eigenvalue weighted by Crippen LogP contribution is -2.20. The molecule has 0 bridgehead atoms. The molecule has 2 N–H and O–H groups in total. The van der Waals surface area contributed by atoms with Gasteiger partial charge in [0.25, 0.3) is 5.91 Å². The van der Waals surface area contributed by atoms with Crippen LogP contribution in [0.2, 0.25) is 0 Å². The smallest absolute Gasteiger partial charge is 0.251 e. The van der Waals surface area contributed by atoms with Gasteiger partial charge in [-0.1, -0.05) is 30.3 Å². The molecule has 0 spiro atoms. The van der Waals surface area contributed by atoms with Gasteiger partial charge in [0.05, 0.1) is 0 Å². The van der Waals surface area contributed by atoms with Crippen molar-refractivity contribution in [3.05, 3.63) is 71.0 Å². The van der Waals surface area contributed by atoms with E-state index in [1.165, 1.54) is 6.07 Å². The zero-order valence-electron chi connectivity index (χ0n) is 12.2. The fourth-order valence-corrected chi connectivity index (χ4v) is 2.13. The maximum atomic E-state index is 13.7. The maximum Gasteiger partial charge on any atom is 0.251 e. The summed E-state index contributed by atoms with van der Waals surface area (Å²) < 4.78 is 13.7. The van der Waals surface area contributed by atoms with Crippen molar-refractivity contribution in [2.45, 2.75) is 19.5 Å². The Kier molecular flexibility index (Phi) is 5.06. The molecule has 0 heterocycles. The van der Waals surface area contributed by atoms with Gasteiger partial charge in [-0.2, -0.15) is 0 Å². The molecule has 110 valence electrons. The lowest BCUT2D eigenvalue weighted by Gasteiger charge is -2.15. The average Bonchev–Trinajstić information content (AvgIpc) is 2.52. The molecular weight excluding hydrogens is 267 g/mol. The van der Waals surface area contributed by atoms with Crippen LogP contribution in [0.5, 0.6) is 0 Å². The van der Waals surface area contributed by atoms with E-state index in [1.807, 2.05) is 25.1 Å². The van der Waals surface area contributed by atoms with Crippen LogP contribution in [0.3, 0.4) is 0 Å². The minimum Gasteiger partial charge on any atom is -0.355 e. The van der Waals surface area contributed by atoms with Crippen molar-refractivity contribution in [3.63, 3.8) is 0 Å². The minimum atomic E-state index is -0.201. The fraction of sp³-hybridized carbons (Fsp3) is 0.235. The predicted octanol–water partition coefficient (Wildman–Crippen LogP) is 3.04. The lowest BCUT2D eigenvalue weighted by atomic mass is 10.1. The zero-order valence-corrected chi connectivity index (χ0v) is 12.2. The molecule has 1 amide bonds. The predicted molar refractivity (Wildman–Crippen MR) is 81.5 cm³/mol. The number of hydrogen-bond donors (Lipinski definition) is 2. The number of carbonyl (C=O) groups excluding carboxylic acids is 1. The Morgan fingerprint density at radius 3 is 2.43 bits per heavy atom. The Bertz CT molecular complexity index is 610. The van der Waals surface area contributed by atoms with Gasteiger partial charge in [0.2, 0.25) is 0 Å². The van der Waals surface area contributed by atoms with E-state index < -0.39 is 0 Å². The number of rotatable bonds is 5. The van der Waals surface area contributed by atoms with E-state index in [2.05, 4.69) is 10.6 Å². The van der Waals surface area contributed by atoms with E-state index in [0.29, 0.717) is 17.7 Å². The van der Waals surface area contributed by atoms with E-state index in [-0.39, 0.29) is 17.8 Å². The number of amides is 1. The van der Waals surface area contributed by atoms with Gasteiger partial charge in [0, 0.05) is 30.8 Å². The second-order valence-electron chi connectivity index (χ2n) is 4.90. The monoisotopic (exact) mass is 286 g/mol. The van der Waals surface area contributed by atoms with Crippen molar-refractivity contribution < 1.29 is 9.18 Å². The third-order valence-electron chi connectivity index (χ3n) is 3.43. The molecule has 21 heavy (non-hydrogen) atoms. The summed E-state index contributed by atoms with van der Waals surface area (Å²) in [6.07, 6.45) is 0. The number of carbonyl (C=O) groups is 1. The molecule has 1 atom stereocenters. The molecule has 4 heteroatoms. The lowest BCUT2D eigenvalue weighted by molar-refractivity contribution is 0.0963. The number of benzene rings is 2. The molecule has 0 fully saturated rings.